The molecule has 2 rings (SSSR count). The van der Waals surface area contributed by atoms with Crippen molar-refractivity contribution in [1.82, 2.24) is 20.2 Å². The molecule has 0 amide bonds. The number of aromatic amines is 1. The van der Waals surface area contributed by atoms with E-state index in [-0.39, 0.29) is 0 Å². The number of rotatable bonds is 5. The molecule has 0 aliphatic carbocycles. The molecule has 0 aliphatic heterocycles. The van der Waals surface area contributed by atoms with Gasteiger partial charge in [-0.3, -0.25) is 4.90 Å². The first-order valence-corrected chi connectivity index (χ1v) is 5.97. The number of H-pyrrole nitrogens is 1. The fraction of sp³-hybridized carbons (Fsp3) is 0.462. The molecule has 0 spiro atoms. The summed E-state index contributed by atoms with van der Waals surface area (Å²) in [7, 11) is 4.09. The highest BCUT2D eigenvalue weighted by Gasteiger charge is 2.02. The zero-order chi connectivity index (χ0) is 12.3. The van der Waals surface area contributed by atoms with Crippen LogP contribution in [0.1, 0.15) is 11.4 Å². The summed E-state index contributed by atoms with van der Waals surface area (Å²) >= 11 is 0. The first-order valence-electron chi connectivity index (χ1n) is 5.97. The number of nitrogens with one attached hydrogen (secondary N) is 2. The molecule has 0 saturated carbocycles. The first kappa shape index (κ1) is 12.1. The Kier molecular flexibility index (Phi) is 3.76. The van der Waals surface area contributed by atoms with Gasteiger partial charge in [0.15, 0.2) is 0 Å². The molecule has 4 heteroatoms. The Balaban J connectivity index is 2.03. The molecule has 17 heavy (non-hydrogen) atoms. The van der Waals surface area contributed by atoms with Crippen LogP contribution in [0.2, 0.25) is 0 Å². The molecule has 0 radical (unpaired) electrons. The second-order valence-corrected chi connectivity index (χ2v) is 4.52. The molecule has 4 nitrogen and oxygen atoms in total. The quantitative estimate of drug-likeness (QED) is 0.768. The van der Waals surface area contributed by atoms with Gasteiger partial charge in [0.1, 0.15) is 5.82 Å². The second-order valence-electron chi connectivity index (χ2n) is 4.52. The van der Waals surface area contributed by atoms with E-state index in [0.29, 0.717) is 0 Å². The van der Waals surface area contributed by atoms with E-state index in [1.54, 1.807) is 0 Å². The van der Waals surface area contributed by atoms with Crippen LogP contribution in [0, 0.1) is 6.92 Å². The van der Waals surface area contributed by atoms with Crippen molar-refractivity contribution in [3.8, 4) is 0 Å². The van der Waals surface area contributed by atoms with Crippen molar-refractivity contribution in [2.75, 3.05) is 27.3 Å². The summed E-state index contributed by atoms with van der Waals surface area (Å²) < 4.78 is 0. The van der Waals surface area contributed by atoms with Crippen molar-refractivity contribution in [2.45, 2.75) is 13.3 Å². The van der Waals surface area contributed by atoms with Crippen molar-refractivity contribution in [2.24, 2.45) is 0 Å². The van der Waals surface area contributed by atoms with Gasteiger partial charge in [0, 0.05) is 13.2 Å². The fourth-order valence-corrected chi connectivity index (χ4v) is 2.01. The Labute approximate surface area is 102 Å². The lowest BCUT2D eigenvalue weighted by Crippen LogP contribution is -2.30. The number of likely N-dealkylation sites (N-methyl/N-ethyl adjacent to an activating group) is 1. The van der Waals surface area contributed by atoms with Crippen molar-refractivity contribution in [1.29, 1.82) is 0 Å². The number of fused-ring (bicyclic) bond motifs is 1. The van der Waals surface area contributed by atoms with Gasteiger partial charge in [-0.2, -0.15) is 0 Å². The van der Waals surface area contributed by atoms with Crippen LogP contribution in [0.15, 0.2) is 18.2 Å². The van der Waals surface area contributed by atoms with Gasteiger partial charge in [0.2, 0.25) is 0 Å². The van der Waals surface area contributed by atoms with E-state index in [9.17, 15) is 0 Å². The lowest BCUT2D eigenvalue weighted by molar-refractivity contribution is 0.321. The van der Waals surface area contributed by atoms with Crippen LogP contribution >= 0.6 is 0 Å². The van der Waals surface area contributed by atoms with Crippen molar-refractivity contribution in [3.63, 3.8) is 0 Å². The Bertz CT molecular complexity index is 489. The predicted molar refractivity (Wildman–Crippen MR) is 71.1 cm³/mol. The number of aryl methyl sites for hydroxylation is 1. The number of aromatic nitrogens is 2. The van der Waals surface area contributed by atoms with Gasteiger partial charge in [-0.15, -0.1) is 0 Å². The largest absolute Gasteiger partial charge is 0.342 e. The maximum atomic E-state index is 4.40. The molecule has 0 fully saturated rings. The number of hydrogen-bond acceptors (Lipinski definition) is 3. The number of imidazole rings is 1. The van der Waals surface area contributed by atoms with Crippen molar-refractivity contribution < 1.29 is 0 Å². The van der Waals surface area contributed by atoms with Gasteiger partial charge in [0.05, 0.1) is 11.0 Å². The third-order valence-corrected chi connectivity index (χ3v) is 2.87. The van der Waals surface area contributed by atoms with Gasteiger partial charge in [-0.25, -0.2) is 4.98 Å². The smallest absolute Gasteiger partial charge is 0.104 e. The van der Waals surface area contributed by atoms with E-state index in [0.717, 1.165) is 36.5 Å². The average Bonchev–Trinajstić information content (AvgIpc) is 2.66. The number of nitrogens with zero attached hydrogens (tertiary/aromatic N) is 2. The minimum atomic E-state index is 0.922. The summed E-state index contributed by atoms with van der Waals surface area (Å²) in [6.07, 6.45) is 1.06. The maximum absolute atomic E-state index is 4.40. The molecule has 0 unspecified atom stereocenters. The minimum Gasteiger partial charge on any atom is -0.342 e. The topological polar surface area (TPSA) is 44.0 Å². The van der Waals surface area contributed by atoms with E-state index < -0.39 is 0 Å². The van der Waals surface area contributed by atoms with E-state index in [1.165, 1.54) is 5.56 Å². The molecule has 0 saturated heterocycles. The van der Waals surface area contributed by atoms with Gasteiger partial charge in [-0.1, -0.05) is 6.07 Å². The summed E-state index contributed by atoms with van der Waals surface area (Å²) in [5.41, 5.74) is 3.54. The van der Waals surface area contributed by atoms with Crippen molar-refractivity contribution >= 4 is 11.0 Å². The molecule has 0 bridgehead atoms. The zero-order valence-electron chi connectivity index (χ0n) is 10.7. The Morgan fingerprint density at radius 1 is 1.41 bits per heavy atom. The second kappa shape index (κ2) is 5.29. The highest BCUT2D eigenvalue weighted by atomic mass is 15.2. The Morgan fingerprint density at radius 3 is 3.00 bits per heavy atom. The molecule has 0 aliphatic rings. The van der Waals surface area contributed by atoms with Gasteiger partial charge in [0.25, 0.3) is 0 Å². The number of hydrogen-bond donors (Lipinski definition) is 2. The zero-order valence-corrected chi connectivity index (χ0v) is 10.7. The molecular weight excluding hydrogens is 212 g/mol. The molecule has 0 atom stereocenters. The van der Waals surface area contributed by atoms with E-state index in [1.807, 2.05) is 14.0 Å². The van der Waals surface area contributed by atoms with Crippen LogP contribution in [-0.2, 0) is 6.42 Å². The highest BCUT2D eigenvalue weighted by Crippen LogP contribution is 2.13. The number of benzene rings is 1. The SMILES string of the molecule is CNCN(C)CCc1ccc2nc(C)[nH]c2c1. The maximum Gasteiger partial charge on any atom is 0.104 e. The molecule has 92 valence electrons. The lowest BCUT2D eigenvalue weighted by Gasteiger charge is -2.15. The molecule has 2 N–H and O–H groups in total. The molecule has 1 aromatic carbocycles. The summed E-state index contributed by atoms with van der Waals surface area (Å²) in [6, 6.07) is 6.45. The van der Waals surface area contributed by atoms with Gasteiger partial charge >= 0.3 is 0 Å². The standard InChI is InChI=1S/C13H20N4/c1-10-15-12-5-4-11(8-13(12)16-10)6-7-17(3)9-14-2/h4-5,8,14H,6-7,9H2,1-3H3,(H,15,16). The van der Waals surface area contributed by atoms with E-state index in [4.69, 9.17) is 0 Å². The third-order valence-electron chi connectivity index (χ3n) is 2.87. The Hall–Kier alpha value is -1.39. The molecule has 2 aromatic rings. The highest BCUT2D eigenvalue weighted by molar-refractivity contribution is 5.75. The Morgan fingerprint density at radius 2 is 2.24 bits per heavy atom. The average molecular weight is 232 g/mol. The summed E-state index contributed by atoms with van der Waals surface area (Å²) in [6.45, 7) is 3.96. The molecular formula is C13H20N4. The van der Waals surface area contributed by atoms with Crippen LogP contribution in [0.5, 0.6) is 0 Å². The molecule has 1 aromatic heterocycles. The molecule has 1 heterocycles. The van der Waals surface area contributed by atoms with Crippen LogP contribution < -0.4 is 5.32 Å². The van der Waals surface area contributed by atoms with Gasteiger partial charge in [-0.05, 0) is 45.1 Å². The fourth-order valence-electron chi connectivity index (χ4n) is 2.01. The van der Waals surface area contributed by atoms with Crippen LogP contribution in [0.3, 0.4) is 0 Å². The lowest BCUT2D eigenvalue weighted by atomic mass is 10.1. The van der Waals surface area contributed by atoms with Gasteiger partial charge < -0.3 is 10.3 Å². The first-order chi connectivity index (χ1) is 8.19. The van der Waals surface area contributed by atoms with Crippen LogP contribution in [-0.4, -0.2) is 42.2 Å². The van der Waals surface area contributed by atoms with E-state index in [2.05, 4.69) is 45.4 Å². The summed E-state index contributed by atoms with van der Waals surface area (Å²) in [5, 5.41) is 3.15. The predicted octanol–water partition coefficient (Wildman–Crippen LogP) is 1.52. The minimum absolute atomic E-state index is 0.922. The summed E-state index contributed by atoms with van der Waals surface area (Å²) in [4.78, 5) is 9.94. The normalized spacial score (nSPS) is 11.5. The summed E-state index contributed by atoms with van der Waals surface area (Å²) in [5.74, 6) is 0.976. The van der Waals surface area contributed by atoms with Crippen LogP contribution in [0.4, 0.5) is 0 Å². The third kappa shape index (κ3) is 3.05. The van der Waals surface area contributed by atoms with Crippen molar-refractivity contribution in [3.05, 3.63) is 29.6 Å². The van der Waals surface area contributed by atoms with Crippen LogP contribution in [0.25, 0.3) is 11.0 Å². The van der Waals surface area contributed by atoms with E-state index >= 15 is 0 Å². The monoisotopic (exact) mass is 232 g/mol.